The Balaban J connectivity index is 2.33. The van der Waals surface area contributed by atoms with Gasteiger partial charge in [-0.2, -0.15) is 0 Å². The summed E-state index contributed by atoms with van der Waals surface area (Å²) in [6.45, 7) is 0. The third-order valence-electron chi connectivity index (χ3n) is 3.06. The zero-order chi connectivity index (χ0) is 11.1. The van der Waals surface area contributed by atoms with Crippen LogP contribution in [0.15, 0.2) is 29.2 Å². The highest BCUT2D eigenvalue weighted by Crippen LogP contribution is 2.45. The van der Waals surface area contributed by atoms with Gasteiger partial charge in [-0.3, -0.25) is 0 Å². The predicted octanol–water partition coefficient (Wildman–Crippen LogP) is 1.30. The fourth-order valence-corrected chi connectivity index (χ4v) is 2.46. The summed E-state index contributed by atoms with van der Waals surface area (Å²) in [4.78, 5) is 0.387. The van der Waals surface area contributed by atoms with Crippen molar-refractivity contribution in [1.29, 1.82) is 0 Å². The average Bonchev–Trinajstić information content (AvgIpc) is 2.97. The minimum absolute atomic E-state index is 0.107. The monoisotopic (exact) mass is 225 g/mol. The molecule has 1 saturated carbocycles. The minimum atomic E-state index is -3.07. The van der Waals surface area contributed by atoms with Gasteiger partial charge in [-0.15, -0.1) is 0 Å². The van der Waals surface area contributed by atoms with E-state index in [0.717, 1.165) is 12.8 Å². The van der Waals surface area contributed by atoms with Gasteiger partial charge in [0.15, 0.2) is 9.84 Å². The molecule has 0 saturated heterocycles. The molecule has 0 spiro atoms. The van der Waals surface area contributed by atoms with E-state index >= 15 is 0 Å². The van der Waals surface area contributed by atoms with Crippen LogP contribution in [0.5, 0.6) is 0 Å². The highest BCUT2D eigenvalue weighted by Gasteiger charge is 2.42. The van der Waals surface area contributed by atoms with E-state index in [9.17, 15) is 8.42 Å². The number of hydrogen-bond acceptors (Lipinski definition) is 3. The van der Waals surface area contributed by atoms with E-state index in [1.807, 2.05) is 19.2 Å². The molecule has 1 aliphatic rings. The Hall–Kier alpha value is -0.870. The molecule has 1 aromatic rings. The van der Waals surface area contributed by atoms with Gasteiger partial charge in [0.25, 0.3) is 0 Å². The third-order valence-corrected chi connectivity index (χ3v) is 4.19. The molecule has 2 rings (SSSR count). The zero-order valence-electron chi connectivity index (χ0n) is 8.95. The van der Waals surface area contributed by atoms with Crippen LogP contribution in [-0.4, -0.2) is 21.7 Å². The highest BCUT2D eigenvalue weighted by molar-refractivity contribution is 7.90. The molecule has 0 aliphatic heterocycles. The summed E-state index contributed by atoms with van der Waals surface area (Å²) in [6.07, 6.45) is 3.48. The first-order valence-electron chi connectivity index (χ1n) is 4.97. The Morgan fingerprint density at radius 1 is 1.20 bits per heavy atom. The van der Waals surface area contributed by atoms with Crippen molar-refractivity contribution in [3.05, 3.63) is 29.8 Å². The number of sulfone groups is 1. The predicted molar refractivity (Wildman–Crippen MR) is 59.5 cm³/mol. The third kappa shape index (κ3) is 1.92. The van der Waals surface area contributed by atoms with Crippen LogP contribution in [0.1, 0.15) is 18.4 Å². The summed E-state index contributed by atoms with van der Waals surface area (Å²) in [7, 11) is -1.13. The van der Waals surface area contributed by atoms with Gasteiger partial charge in [0.05, 0.1) is 4.90 Å². The Morgan fingerprint density at radius 2 is 1.73 bits per heavy atom. The molecule has 1 fully saturated rings. The quantitative estimate of drug-likeness (QED) is 0.843. The lowest BCUT2D eigenvalue weighted by Crippen LogP contribution is -2.24. The van der Waals surface area contributed by atoms with Crippen LogP contribution in [0.3, 0.4) is 0 Å². The molecule has 4 heteroatoms. The van der Waals surface area contributed by atoms with Gasteiger partial charge in [0.2, 0.25) is 0 Å². The van der Waals surface area contributed by atoms with Crippen LogP contribution >= 0.6 is 0 Å². The molecule has 0 amide bonds. The molecule has 1 aromatic carbocycles. The van der Waals surface area contributed by atoms with Crippen LogP contribution in [0, 0.1) is 0 Å². The first-order valence-corrected chi connectivity index (χ1v) is 6.87. The largest absolute Gasteiger partial charge is 0.310 e. The van der Waals surface area contributed by atoms with Gasteiger partial charge in [-0.25, -0.2) is 8.42 Å². The normalized spacial score (nSPS) is 18.8. The maximum Gasteiger partial charge on any atom is 0.175 e. The Bertz CT molecular complexity index is 458. The van der Waals surface area contributed by atoms with Crippen molar-refractivity contribution in [3.8, 4) is 0 Å². The second kappa shape index (κ2) is 3.32. The number of benzene rings is 1. The lowest BCUT2D eigenvalue weighted by Gasteiger charge is -2.14. The molecular weight excluding hydrogens is 210 g/mol. The summed E-state index contributed by atoms with van der Waals surface area (Å²) in [5, 5.41) is 3.28. The first-order chi connectivity index (χ1) is 6.98. The van der Waals surface area contributed by atoms with E-state index in [-0.39, 0.29) is 5.54 Å². The van der Waals surface area contributed by atoms with Gasteiger partial charge in [0.1, 0.15) is 0 Å². The second-order valence-corrected chi connectivity index (χ2v) is 6.14. The van der Waals surface area contributed by atoms with Crippen molar-refractivity contribution in [2.24, 2.45) is 0 Å². The van der Waals surface area contributed by atoms with E-state index in [1.165, 1.54) is 11.8 Å². The summed E-state index contributed by atoms with van der Waals surface area (Å²) < 4.78 is 22.5. The van der Waals surface area contributed by atoms with Gasteiger partial charge < -0.3 is 5.32 Å². The lowest BCUT2D eigenvalue weighted by atomic mass is 10.1. The summed E-state index contributed by atoms with van der Waals surface area (Å²) in [5.74, 6) is 0. The highest BCUT2D eigenvalue weighted by atomic mass is 32.2. The molecule has 0 radical (unpaired) electrons. The van der Waals surface area contributed by atoms with Gasteiger partial charge in [-0.05, 0) is 37.6 Å². The van der Waals surface area contributed by atoms with Crippen LogP contribution in [0.2, 0.25) is 0 Å². The number of rotatable bonds is 3. The van der Waals surface area contributed by atoms with Crippen LogP contribution in [0.25, 0.3) is 0 Å². The van der Waals surface area contributed by atoms with Crippen molar-refractivity contribution in [2.45, 2.75) is 23.3 Å². The summed E-state index contributed by atoms with van der Waals surface area (Å²) in [6, 6.07) is 7.17. The maximum absolute atomic E-state index is 11.3. The van der Waals surface area contributed by atoms with Crippen molar-refractivity contribution in [1.82, 2.24) is 5.32 Å². The molecule has 0 heterocycles. The Morgan fingerprint density at radius 3 is 2.07 bits per heavy atom. The molecular formula is C11H15NO2S. The van der Waals surface area contributed by atoms with Crippen molar-refractivity contribution >= 4 is 9.84 Å². The molecule has 3 nitrogen and oxygen atoms in total. The first kappa shape index (κ1) is 10.6. The van der Waals surface area contributed by atoms with E-state index in [1.54, 1.807) is 12.1 Å². The Labute approximate surface area is 90.4 Å². The SMILES string of the molecule is CNC1(c2ccc(S(C)(=O)=O)cc2)CC1. The van der Waals surface area contributed by atoms with Gasteiger partial charge in [-0.1, -0.05) is 12.1 Å². The maximum atomic E-state index is 11.3. The second-order valence-electron chi connectivity index (χ2n) is 4.13. The molecule has 0 bridgehead atoms. The molecule has 1 N–H and O–H groups in total. The number of hydrogen-bond donors (Lipinski definition) is 1. The Kier molecular flexibility index (Phi) is 2.35. The van der Waals surface area contributed by atoms with Crippen molar-refractivity contribution in [2.75, 3.05) is 13.3 Å². The fourth-order valence-electron chi connectivity index (χ4n) is 1.83. The topological polar surface area (TPSA) is 46.2 Å². The van der Waals surface area contributed by atoms with Gasteiger partial charge in [0, 0.05) is 11.8 Å². The fraction of sp³-hybridized carbons (Fsp3) is 0.455. The van der Waals surface area contributed by atoms with Crippen LogP contribution in [-0.2, 0) is 15.4 Å². The number of nitrogens with one attached hydrogen (secondary N) is 1. The van der Waals surface area contributed by atoms with E-state index in [2.05, 4.69) is 5.32 Å². The molecule has 82 valence electrons. The van der Waals surface area contributed by atoms with Gasteiger partial charge >= 0.3 is 0 Å². The molecule has 0 unspecified atom stereocenters. The van der Waals surface area contributed by atoms with Crippen LogP contribution in [0.4, 0.5) is 0 Å². The molecule has 0 aromatic heterocycles. The lowest BCUT2D eigenvalue weighted by molar-refractivity contribution is 0.584. The van der Waals surface area contributed by atoms with Crippen molar-refractivity contribution < 1.29 is 8.42 Å². The standard InChI is InChI=1S/C11H15NO2S/c1-12-11(7-8-11)9-3-5-10(6-4-9)15(2,13)14/h3-6,12H,7-8H2,1-2H3. The molecule has 1 aliphatic carbocycles. The van der Waals surface area contributed by atoms with E-state index < -0.39 is 9.84 Å². The average molecular weight is 225 g/mol. The zero-order valence-corrected chi connectivity index (χ0v) is 9.76. The minimum Gasteiger partial charge on any atom is -0.310 e. The molecule has 15 heavy (non-hydrogen) atoms. The smallest absolute Gasteiger partial charge is 0.175 e. The summed E-state index contributed by atoms with van der Waals surface area (Å²) in [5.41, 5.74) is 1.29. The summed E-state index contributed by atoms with van der Waals surface area (Å²) >= 11 is 0. The van der Waals surface area contributed by atoms with Crippen LogP contribution < -0.4 is 5.32 Å². The van der Waals surface area contributed by atoms with Crippen molar-refractivity contribution in [3.63, 3.8) is 0 Å². The van der Waals surface area contributed by atoms with E-state index in [0.29, 0.717) is 4.90 Å². The van der Waals surface area contributed by atoms with E-state index in [4.69, 9.17) is 0 Å². The molecule has 0 atom stereocenters.